The Kier molecular flexibility index (Phi) is 8.28. The maximum Gasteiger partial charge on any atom is 0.461 e. The van der Waals surface area contributed by atoms with E-state index in [1.807, 2.05) is 0 Å². The average Bonchev–Trinajstić information content (AvgIpc) is 2.79. The number of halogens is 8. The molecule has 0 unspecified atom stereocenters. The molecule has 3 aromatic rings. The average molecular weight is 521 g/mol. The normalized spacial score (nSPS) is 12.9. The van der Waals surface area contributed by atoms with Crippen LogP contribution in [0.2, 0.25) is 0 Å². The fourth-order valence-electron chi connectivity index (χ4n) is 3.09. The van der Waals surface area contributed by atoms with E-state index >= 15 is 0 Å². The molecule has 3 rings (SSSR count). The molecule has 3 aromatic carbocycles. The van der Waals surface area contributed by atoms with Crippen molar-refractivity contribution in [2.45, 2.75) is 31.4 Å². The summed E-state index contributed by atoms with van der Waals surface area (Å²) < 4.78 is 113. The fraction of sp³-hybridized carbons (Fsp3) is 0.250. The van der Waals surface area contributed by atoms with Crippen molar-refractivity contribution in [2.75, 3.05) is 11.4 Å². The lowest BCUT2D eigenvalue weighted by atomic mass is 10.1. The fourth-order valence-corrected chi connectivity index (χ4v) is 3.09. The number of benzene rings is 3. The first kappa shape index (κ1) is 27.1. The molecule has 0 aliphatic carbocycles. The van der Waals surface area contributed by atoms with Gasteiger partial charge < -0.3 is 19.5 Å². The quantitative estimate of drug-likeness (QED) is 0.299. The van der Waals surface area contributed by atoms with Gasteiger partial charge in [0.15, 0.2) is 6.10 Å². The molecule has 0 aliphatic rings. The van der Waals surface area contributed by atoms with E-state index in [2.05, 4.69) is 4.74 Å². The van der Waals surface area contributed by atoms with Gasteiger partial charge in [0.25, 0.3) is 0 Å². The van der Waals surface area contributed by atoms with Gasteiger partial charge in [-0.05, 0) is 54.1 Å². The molecule has 0 radical (unpaired) electrons. The first-order chi connectivity index (χ1) is 16.8. The van der Waals surface area contributed by atoms with Crippen molar-refractivity contribution < 1.29 is 49.7 Å². The van der Waals surface area contributed by atoms with Crippen molar-refractivity contribution in [3.63, 3.8) is 0 Å². The van der Waals surface area contributed by atoms with Crippen LogP contribution in [0.5, 0.6) is 17.2 Å². The van der Waals surface area contributed by atoms with Crippen molar-refractivity contribution >= 4 is 5.69 Å². The highest BCUT2D eigenvalue weighted by molar-refractivity contribution is 5.52. The van der Waals surface area contributed by atoms with Crippen LogP contribution in [0.4, 0.5) is 40.8 Å². The molecule has 0 fully saturated rings. The Hall–Kier alpha value is -3.54. The standard InChI is InChI=1S/C24H19F8NO3/c25-16-7-9-18(10-8-16)35-19-5-2-4-17(12-19)33(14-21(34)23(28,29)30)13-15-3-1-6-20(11-15)36-24(31,32)22(26)27/h1-12,21-22,34H,13-14H2/t21-/m1/s1. The predicted molar refractivity (Wildman–Crippen MR) is 114 cm³/mol. The van der Waals surface area contributed by atoms with Crippen molar-refractivity contribution in [2.24, 2.45) is 0 Å². The monoisotopic (exact) mass is 521 g/mol. The highest BCUT2D eigenvalue weighted by atomic mass is 19.4. The summed E-state index contributed by atoms with van der Waals surface area (Å²) in [5, 5.41) is 9.65. The van der Waals surface area contributed by atoms with Crippen LogP contribution < -0.4 is 14.4 Å². The minimum atomic E-state index is -4.95. The number of aliphatic hydroxyl groups excluding tert-OH is 1. The van der Waals surface area contributed by atoms with E-state index in [0.717, 1.165) is 29.2 Å². The number of nitrogens with zero attached hydrogens (tertiary/aromatic N) is 1. The SMILES string of the molecule is O[C@H](CN(Cc1cccc(OC(F)(F)C(F)F)c1)c1cccc(Oc2ccc(F)cc2)c1)C(F)(F)F. The molecule has 0 spiro atoms. The number of hydrogen-bond acceptors (Lipinski definition) is 4. The number of alkyl halides is 7. The van der Waals surface area contributed by atoms with E-state index < -0.39 is 42.9 Å². The Labute approximate surface area is 200 Å². The summed E-state index contributed by atoms with van der Waals surface area (Å²) in [5.74, 6) is -0.692. The third-order valence-corrected chi connectivity index (χ3v) is 4.78. The molecule has 0 bridgehead atoms. The zero-order valence-electron chi connectivity index (χ0n) is 18.2. The summed E-state index contributed by atoms with van der Waals surface area (Å²) in [6.07, 6.45) is -16.6. The Bertz CT molecular complexity index is 1140. The number of hydrogen-bond donors (Lipinski definition) is 1. The van der Waals surface area contributed by atoms with Crippen LogP contribution in [0.3, 0.4) is 0 Å². The van der Waals surface area contributed by atoms with E-state index in [1.165, 1.54) is 48.5 Å². The minimum absolute atomic E-state index is 0.136. The topological polar surface area (TPSA) is 41.9 Å². The number of aliphatic hydroxyl groups is 1. The van der Waals surface area contributed by atoms with Gasteiger partial charge in [-0.25, -0.2) is 4.39 Å². The Balaban J connectivity index is 1.87. The van der Waals surface area contributed by atoms with Crippen molar-refractivity contribution in [3.8, 4) is 17.2 Å². The van der Waals surface area contributed by atoms with Crippen molar-refractivity contribution in [3.05, 3.63) is 84.2 Å². The zero-order valence-corrected chi connectivity index (χ0v) is 18.2. The van der Waals surface area contributed by atoms with Crippen LogP contribution in [0.1, 0.15) is 5.56 Å². The largest absolute Gasteiger partial charge is 0.461 e. The molecule has 0 heterocycles. The maximum absolute atomic E-state index is 13.3. The first-order valence-corrected chi connectivity index (χ1v) is 10.3. The molecule has 4 nitrogen and oxygen atoms in total. The van der Waals surface area contributed by atoms with Crippen LogP contribution in [0.25, 0.3) is 0 Å². The number of ether oxygens (including phenoxy) is 2. The van der Waals surface area contributed by atoms with Crippen LogP contribution in [0, 0.1) is 5.82 Å². The van der Waals surface area contributed by atoms with Gasteiger partial charge in [-0.2, -0.15) is 30.7 Å². The van der Waals surface area contributed by atoms with E-state index in [0.29, 0.717) is 0 Å². The van der Waals surface area contributed by atoms with Gasteiger partial charge in [0.05, 0.1) is 6.54 Å². The third-order valence-electron chi connectivity index (χ3n) is 4.78. The summed E-state index contributed by atoms with van der Waals surface area (Å²) >= 11 is 0. The van der Waals surface area contributed by atoms with Crippen molar-refractivity contribution in [1.29, 1.82) is 0 Å². The highest BCUT2D eigenvalue weighted by Gasteiger charge is 2.44. The third kappa shape index (κ3) is 7.48. The van der Waals surface area contributed by atoms with E-state index in [-0.39, 0.29) is 29.3 Å². The second kappa shape index (κ2) is 11.0. The number of anilines is 1. The van der Waals surface area contributed by atoms with Crippen molar-refractivity contribution in [1.82, 2.24) is 0 Å². The van der Waals surface area contributed by atoms with E-state index in [1.54, 1.807) is 0 Å². The molecule has 1 N–H and O–H groups in total. The van der Waals surface area contributed by atoms with Gasteiger partial charge in [0.1, 0.15) is 23.1 Å². The summed E-state index contributed by atoms with van der Waals surface area (Å²) in [5.41, 5.74) is 0.291. The molecule has 36 heavy (non-hydrogen) atoms. The van der Waals surface area contributed by atoms with Crippen LogP contribution >= 0.6 is 0 Å². The van der Waals surface area contributed by atoms with Crippen LogP contribution in [-0.2, 0) is 6.54 Å². The lowest BCUT2D eigenvalue weighted by molar-refractivity contribution is -0.253. The van der Waals surface area contributed by atoms with Gasteiger partial charge >= 0.3 is 18.7 Å². The van der Waals surface area contributed by atoms with E-state index in [9.17, 15) is 40.2 Å². The molecular formula is C24H19F8NO3. The van der Waals surface area contributed by atoms with Gasteiger partial charge in [-0.1, -0.05) is 18.2 Å². The molecule has 0 saturated heterocycles. The van der Waals surface area contributed by atoms with E-state index in [4.69, 9.17) is 4.74 Å². The maximum atomic E-state index is 13.3. The molecule has 194 valence electrons. The van der Waals surface area contributed by atoms with Crippen LogP contribution in [-0.4, -0.2) is 36.5 Å². The molecule has 0 aromatic heterocycles. The first-order valence-electron chi connectivity index (χ1n) is 10.3. The smallest absolute Gasteiger partial charge is 0.457 e. The van der Waals surface area contributed by atoms with Gasteiger partial charge in [0, 0.05) is 18.3 Å². The molecule has 0 saturated carbocycles. The number of rotatable bonds is 10. The highest BCUT2D eigenvalue weighted by Crippen LogP contribution is 2.31. The predicted octanol–water partition coefficient (Wildman–Crippen LogP) is 6.78. The van der Waals surface area contributed by atoms with Gasteiger partial charge in [0.2, 0.25) is 0 Å². The molecule has 0 amide bonds. The summed E-state index contributed by atoms with van der Waals surface area (Å²) in [4.78, 5) is 1.10. The zero-order chi connectivity index (χ0) is 26.5. The summed E-state index contributed by atoms with van der Waals surface area (Å²) in [7, 11) is 0. The minimum Gasteiger partial charge on any atom is -0.457 e. The Morgan fingerprint density at radius 3 is 2.08 bits per heavy atom. The van der Waals surface area contributed by atoms with Gasteiger partial charge in [-0.15, -0.1) is 0 Å². The second-order valence-electron chi connectivity index (χ2n) is 7.60. The lowest BCUT2D eigenvalue weighted by Gasteiger charge is -2.29. The summed E-state index contributed by atoms with van der Waals surface area (Å²) in [6, 6.07) is 15.3. The lowest BCUT2D eigenvalue weighted by Crippen LogP contribution is -2.40. The Morgan fingerprint density at radius 1 is 0.806 bits per heavy atom. The van der Waals surface area contributed by atoms with Crippen LogP contribution in [0.15, 0.2) is 72.8 Å². The van der Waals surface area contributed by atoms with Gasteiger partial charge in [-0.3, -0.25) is 0 Å². The summed E-state index contributed by atoms with van der Waals surface area (Å²) in [6.45, 7) is -1.29. The molecule has 12 heteroatoms. The molecule has 0 aliphatic heterocycles. The Morgan fingerprint density at radius 2 is 1.44 bits per heavy atom. The molecule has 1 atom stereocenters. The second-order valence-corrected chi connectivity index (χ2v) is 7.60. The molecular weight excluding hydrogens is 502 g/mol.